The third-order valence-electron chi connectivity index (χ3n) is 5.80. The Morgan fingerprint density at radius 3 is 2.79 bits per heavy atom. The molecule has 2 atom stereocenters. The van der Waals surface area contributed by atoms with Crippen LogP contribution in [0.15, 0.2) is 24.3 Å². The molecule has 2 heterocycles. The van der Waals surface area contributed by atoms with Crippen molar-refractivity contribution in [3.05, 3.63) is 30.1 Å². The van der Waals surface area contributed by atoms with E-state index in [1.165, 1.54) is 0 Å². The number of nitrogens with zero attached hydrogens (tertiary/aromatic N) is 2. The lowest BCUT2D eigenvalue weighted by Crippen LogP contribution is -2.48. The maximum absolute atomic E-state index is 12.8. The van der Waals surface area contributed by atoms with Crippen LogP contribution >= 0.6 is 0 Å². The molecule has 1 saturated carbocycles. The summed E-state index contributed by atoms with van der Waals surface area (Å²) in [6.45, 7) is 6.73. The van der Waals surface area contributed by atoms with Gasteiger partial charge in [0, 0.05) is 11.3 Å². The average molecular weight is 254 g/mol. The Labute approximate surface area is 112 Å². The highest BCUT2D eigenvalue weighted by molar-refractivity contribution is 5.95. The molecule has 1 aromatic carbocycles. The Kier molecular flexibility index (Phi) is 1.82. The molecule has 1 aliphatic carbocycles. The van der Waals surface area contributed by atoms with Crippen LogP contribution in [0.2, 0.25) is 0 Å². The minimum absolute atomic E-state index is 0.00145. The summed E-state index contributed by atoms with van der Waals surface area (Å²) in [5.41, 5.74) is 1.91. The van der Waals surface area contributed by atoms with Crippen molar-refractivity contribution in [2.24, 2.45) is 11.3 Å². The van der Waals surface area contributed by atoms with Crippen LogP contribution in [0, 0.1) is 11.3 Å². The van der Waals surface area contributed by atoms with Gasteiger partial charge in [-0.25, -0.2) is 4.98 Å². The molecular formula is C16H18N2O. The maximum atomic E-state index is 12.8. The van der Waals surface area contributed by atoms with Crippen molar-refractivity contribution >= 4 is 16.9 Å². The second kappa shape index (κ2) is 3.09. The fourth-order valence-electron chi connectivity index (χ4n) is 4.11. The SMILES string of the molecule is CC1(C)[C@H]2CC[C@@]1(C)c1nc3ccccc3n1C2=O. The van der Waals surface area contributed by atoms with Crippen molar-refractivity contribution in [1.82, 2.24) is 9.55 Å². The minimum atomic E-state index is 0.00145. The van der Waals surface area contributed by atoms with E-state index in [2.05, 4.69) is 20.8 Å². The molecule has 1 aromatic heterocycles. The third kappa shape index (κ3) is 1.06. The first-order chi connectivity index (χ1) is 8.97. The summed E-state index contributed by atoms with van der Waals surface area (Å²) in [5.74, 6) is 1.34. The van der Waals surface area contributed by atoms with Gasteiger partial charge >= 0.3 is 0 Å². The molecule has 0 N–H and O–H groups in total. The molecule has 2 aliphatic rings. The van der Waals surface area contributed by atoms with E-state index in [-0.39, 0.29) is 22.7 Å². The van der Waals surface area contributed by atoms with E-state index in [0.717, 1.165) is 29.7 Å². The molecule has 4 rings (SSSR count). The molecule has 0 unspecified atom stereocenters. The second-order valence-corrected chi connectivity index (χ2v) is 6.74. The number of fused-ring (bicyclic) bond motifs is 6. The molecule has 3 nitrogen and oxygen atoms in total. The normalized spacial score (nSPS) is 31.7. The Morgan fingerprint density at radius 2 is 2.00 bits per heavy atom. The number of rotatable bonds is 0. The Morgan fingerprint density at radius 1 is 1.26 bits per heavy atom. The third-order valence-corrected chi connectivity index (χ3v) is 5.80. The van der Waals surface area contributed by atoms with Gasteiger partial charge in [-0.15, -0.1) is 0 Å². The van der Waals surface area contributed by atoms with Crippen LogP contribution in [0.4, 0.5) is 0 Å². The lowest BCUT2D eigenvalue weighted by molar-refractivity contribution is 0.0577. The topological polar surface area (TPSA) is 34.9 Å². The number of carbonyl (C=O) groups excluding carboxylic acids is 1. The van der Waals surface area contributed by atoms with Gasteiger partial charge < -0.3 is 0 Å². The Bertz CT molecular complexity index is 713. The number of aromatic nitrogens is 2. The zero-order valence-electron chi connectivity index (χ0n) is 11.6. The van der Waals surface area contributed by atoms with Crippen LogP contribution in [0.25, 0.3) is 11.0 Å². The molecule has 3 heteroatoms. The summed E-state index contributed by atoms with van der Waals surface area (Å²) >= 11 is 0. The van der Waals surface area contributed by atoms with E-state index < -0.39 is 0 Å². The van der Waals surface area contributed by atoms with Gasteiger partial charge in [0.1, 0.15) is 5.82 Å². The van der Waals surface area contributed by atoms with Crippen molar-refractivity contribution in [3.63, 3.8) is 0 Å². The number of hydrogen-bond acceptors (Lipinski definition) is 2. The van der Waals surface area contributed by atoms with Crippen LogP contribution in [-0.2, 0) is 5.41 Å². The van der Waals surface area contributed by atoms with Gasteiger partial charge in [0.05, 0.1) is 11.0 Å². The summed E-state index contributed by atoms with van der Waals surface area (Å²) in [6.07, 6.45) is 2.04. The van der Waals surface area contributed by atoms with Gasteiger partial charge in [0.25, 0.3) is 0 Å². The summed E-state index contributed by atoms with van der Waals surface area (Å²) < 4.78 is 1.89. The summed E-state index contributed by atoms with van der Waals surface area (Å²) in [5, 5.41) is 0. The molecule has 0 radical (unpaired) electrons. The molecule has 0 amide bonds. The van der Waals surface area contributed by atoms with E-state index in [1.807, 2.05) is 28.8 Å². The molecule has 0 spiro atoms. The average Bonchev–Trinajstić information content (AvgIpc) is 2.83. The second-order valence-electron chi connectivity index (χ2n) is 6.74. The van der Waals surface area contributed by atoms with Crippen LogP contribution in [0.1, 0.15) is 44.2 Å². The summed E-state index contributed by atoms with van der Waals surface area (Å²) in [4.78, 5) is 17.6. The fraction of sp³-hybridized carbons (Fsp3) is 0.500. The molecule has 19 heavy (non-hydrogen) atoms. The fourth-order valence-corrected chi connectivity index (χ4v) is 4.11. The zero-order chi connectivity index (χ0) is 13.4. The van der Waals surface area contributed by atoms with Gasteiger partial charge in [-0.2, -0.15) is 0 Å². The highest BCUT2D eigenvalue weighted by Gasteiger charge is 2.61. The van der Waals surface area contributed by atoms with E-state index in [9.17, 15) is 4.79 Å². The molecule has 98 valence electrons. The van der Waals surface area contributed by atoms with E-state index in [1.54, 1.807) is 0 Å². The van der Waals surface area contributed by atoms with E-state index in [0.29, 0.717) is 0 Å². The van der Waals surface area contributed by atoms with Crippen molar-refractivity contribution in [2.75, 3.05) is 0 Å². The molecular weight excluding hydrogens is 236 g/mol. The smallest absolute Gasteiger partial charge is 0.236 e. The van der Waals surface area contributed by atoms with Gasteiger partial charge in [0.2, 0.25) is 5.91 Å². The van der Waals surface area contributed by atoms with Crippen LogP contribution in [-0.4, -0.2) is 15.5 Å². The molecule has 0 saturated heterocycles. The lowest BCUT2D eigenvalue weighted by atomic mass is 9.63. The van der Waals surface area contributed by atoms with Gasteiger partial charge in [-0.05, 0) is 30.4 Å². The van der Waals surface area contributed by atoms with Crippen LogP contribution in [0.3, 0.4) is 0 Å². The first kappa shape index (κ1) is 11.2. The van der Waals surface area contributed by atoms with Gasteiger partial charge in [0.15, 0.2) is 0 Å². The number of para-hydroxylation sites is 2. The maximum Gasteiger partial charge on any atom is 0.236 e. The molecule has 1 fully saturated rings. The summed E-state index contributed by atoms with van der Waals surface area (Å²) in [6, 6.07) is 7.97. The van der Waals surface area contributed by atoms with Gasteiger partial charge in [-0.3, -0.25) is 9.36 Å². The predicted molar refractivity (Wildman–Crippen MR) is 74.2 cm³/mol. The number of benzene rings is 1. The number of carbonyl (C=O) groups is 1. The van der Waals surface area contributed by atoms with Crippen LogP contribution < -0.4 is 0 Å². The lowest BCUT2D eigenvalue weighted by Gasteiger charge is -2.44. The Balaban J connectivity index is 2.14. The first-order valence-electron chi connectivity index (χ1n) is 6.99. The number of imidazole rings is 1. The largest absolute Gasteiger partial charge is 0.274 e. The van der Waals surface area contributed by atoms with Crippen molar-refractivity contribution < 1.29 is 4.79 Å². The monoisotopic (exact) mass is 254 g/mol. The Hall–Kier alpha value is -1.64. The zero-order valence-corrected chi connectivity index (χ0v) is 11.6. The minimum Gasteiger partial charge on any atom is -0.274 e. The van der Waals surface area contributed by atoms with Crippen molar-refractivity contribution in [3.8, 4) is 0 Å². The standard InChI is InChI=1S/C16H18N2O/c1-15(2)10-8-9-16(15,3)14-17-11-6-4-5-7-12(11)18(14)13(10)19/h4-7,10H,8-9H2,1-3H3/t10-,16-/m0/s1. The number of hydrogen-bond donors (Lipinski definition) is 0. The van der Waals surface area contributed by atoms with Crippen molar-refractivity contribution in [1.29, 1.82) is 0 Å². The van der Waals surface area contributed by atoms with Gasteiger partial charge in [-0.1, -0.05) is 32.9 Å². The summed E-state index contributed by atoms with van der Waals surface area (Å²) in [7, 11) is 0. The first-order valence-corrected chi connectivity index (χ1v) is 6.99. The van der Waals surface area contributed by atoms with E-state index >= 15 is 0 Å². The van der Waals surface area contributed by atoms with Crippen LogP contribution in [0.5, 0.6) is 0 Å². The quantitative estimate of drug-likeness (QED) is 0.722. The highest BCUT2D eigenvalue weighted by atomic mass is 16.2. The van der Waals surface area contributed by atoms with Crippen molar-refractivity contribution in [2.45, 2.75) is 39.0 Å². The highest BCUT2D eigenvalue weighted by Crippen LogP contribution is 2.60. The molecule has 1 aliphatic heterocycles. The predicted octanol–water partition coefficient (Wildman–Crippen LogP) is 3.38. The molecule has 2 aromatic rings. The molecule has 2 bridgehead atoms. The van der Waals surface area contributed by atoms with E-state index in [4.69, 9.17) is 4.98 Å².